The highest BCUT2D eigenvalue weighted by atomic mass is 16.3. The van der Waals surface area contributed by atoms with Crippen LogP contribution >= 0.6 is 0 Å². The average molecular weight is 208 g/mol. The van der Waals surface area contributed by atoms with Gasteiger partial charge in [-0.1, -0.05) is 6.92 Å². The van der Waals surface area contributed by atoms with Crippen LogP contribution < -0.4 is 0 Å². The van der Waals surface area contributed by atoms with Gasteiger partial charge in [-0.25, -0.2) is 0 Å². The lowest BCUT2D eigenvalue weighted by atomic mass is 9.91. The summed E-state index contributed by atoms with van der Waals surface area (Å²) in [6, 6.07) is 1.55. The van der Waals surface area contributed by atoms with E-state index in [1.54, 1.807) is 26.8 Å². The third kappa shape index (κ3) is 1.96. The monoisotopic (exact) mass is 208 g/mol. The number of phenols is 2. The first-order chi connectivity index (χ1) is 6.86. The second-order valence-electron chi connectivity index (χ2n) is 3.92. The minimum Gasteiger partial charge on any atom is -0.508 e. The van der Waals surface area contributed by atoms with Crippen LogP contribution in [0.3, 0.4) is 0 Å². The van der Waals surface area contributed by atoms with Crippen molar-refractivity contribution in [2.75, 3.05) is 0 Å². The van der Waals surface area contributed by atoms with Gasteiger partial charge in [0.05, 0.1) is 0 Å². The second kappa shape index (κ2) is 3.93. The van der Waals surface area contributed by atoms with Gasteiger partial charge in [-0.05, 0) is 38.0 Å². The normalized spacial score (nSPS) is 12.5. The Bertz CT molecular complexity index is 408. The maximum Gasteiger partial charge on any atom is 0.137 e. The number of carbonyl (C=O) groups excluding carboxylic acids is 1. The van der Waals surface area contributed by atoms with Crippen molar-refractivity contribution in [2.24, 2.45) is 0 Å². The number of benzene rings is 1. The van der Waals surface area contributed by atoms with E-state index in [9.17, 15) is 15.0 Å². The van der Waals surface area contributed by atoms with Gasteiger partial charge < -0.3 is 10.2 Å². The molecule has 1 atom stereocenters. The van der Waals surface area contributed by atoms with Gasteiger partial charge >= 0.3 is 0 Å². The van der Waals surface area contributed by atoms with Crippen molar-refractivity contribution in [1.82, 2.24) is 0 Å². The van der Waals surface area contributed by atoms with E-state index in [-0.39, 0.29) is 23.2 Å². The molecule has 1 aromatic carbocycles. The van der Waals surface area contributed by atoms with Gasteiger partial charge in [0, 0.05) is 11.5 Å². The molecule has 0 aromatic heterocycles. The van der Waals surface area contributed by atoms with Crippen molar-refractivity contribution < 1.29 is 15.0 Å². The van der Waals surface area contributed by atoms with Crippen molar-refractivity contribution in [3.63, 3.8) is 0 Å². The Hall–Kier alpha value is -1.51. The van der Waals surface area contributed by atoms with E-state index < -0.39 is 0 Å². The first-order valence-corrected chi connectivity index (χ1v) is 4.88. The lowest BCUT2D eigenvalue weighted by molar-refractivity contribution is -0.118. The third-order valence-corrected chi connectivity index (χ3v) is 2.90. The van der Waals surface area contributed by atoms with Crippen LogP contribution in [0.2, 0.25) is 0 Å². The smallest absolute Gasteiger partial charge is 0.137 e. The van der Waals surface area contributed by atoms with Crippen molar-refractivity contribution in [1.29, 1.82) is 0 Å². The van der Waals surface area contributed by atoms with Crippen LogP contribution in [0, 0.1) is 13.8 Å². The molecule has 3 heteroatoms. The fourth-order valence-corrected chi connectivity index (χ4v) is 1.57. The molecule has 0 bridgehead atoms. The quantitative estimate of drug-likeness (QED) is 0.784. The molecule has 0 saturated heterocycles. The summed E-state index contributed by atoms with van der Waals surface area (Å²) in [4.78, 5) is 11.2. The van der Waals surface area contributed by atoms with Crippen LogP contribution in [0.4, 0.5) is 0 Å². The highest BCUT2D eigenvalue weighted by Crippen LogP contribution is 2.35. The summed E-state index contributed by atoms with van der Waals surface area (Å²) < 4.78 is 0. The van der Waals surface area contributed by atoms with Crippen molar-refractivity contribution in [2.45, 2.75) is 33.6 Å². The highest BCUT2D eigenvalue weighted by molar-refractivity contribution is 5.83. The van der Waals surface area contributed by atoms with Crippen LogP contribution in [0.15, 0.2) is 6.07 Å². The Morgan fingerprint density at radius 3 is 2.27 bits per heavy atom. The lowest BCUT2D eigenvalue weighted by Crippen LogP contribution is -2.06. The van der Waals surface area contributed by atoms with Crippen LogP contribution in [0.1, 0.15) is 36.5 Å². The largest absolute Gasteiger partial charge is 0.508 e. The molecule has 0 spiro atoms. The molecule has 1 aromatic rings. The molecule has 0 aliphatic rings. The molecule has 82 valence electrons. The van der Waals surface area contributed by atoms with E-state index in [0.717, 1.165) is 0 Å². The minimum absolute atomic E-state index is 0.0146. The Morgan fingerprint density at radius 1 is 1.27 bits per heavy atom. The number of ketones is 1. The molecule has 0 heterocycles. The van der Waals surface area contributed by atoms with Gasteiger partial charge in [0.15, 0.2) is 0 Å². The lowest BCUT2D eigenvalue weighted by Gasteiger charge is -2.15. The standard InChI is InChI=1S/C12H16O3/c1-6(9(4)13)10-5-11(14)8(3)12(15)7(10)2/h5-6,14-15H,1-4H3. The number of hydrogen-bond donors (Lipinski definition) is 2. The Labute approximate surface area is 89.4 Å². The number of hydrogen-bond acceptors (Lipinski definition) is 3. The van der Waals surface area contributed by atoms with Crippen LogP contribution in [0.5, 0.6) is 11.5 Å². The Kier molecular flexibility index (Phi) is 3.03. The van der Waals surface area contributed by atoms with E-state index in [0.29, 0.717) is 16.7 Å². The molecular weight excluding hydrogens is 192 g/mol. The average Bonchev–Trinajstić information content (AvgIpc) is 2.19. The van der Waals surface area contributed by atoms with Crippen molar-refractivity contribution in [3.8, 4) is 11.5 Å². The van der Waals surface area contributed by atoms with Crippen LogP contribution in [-0.2, 0) is 4.79 Å². The molecule has 0 aliphatic heterocycles. The molecule has 15 heavy (non-hydrogen) atoms. The van der Waals surface area contributed by atoms with E-state index in [4.69, 9.17) is 0 Å². The molecule has 1 rings (SSSR count). The van der Waals surface area contributed by atoms with E-state index in [2.05, 4.69) is 0 Å². The minimum atomic E-state index is -0.303. The zero-order valence-corrected chi connectivity index (χ0v) is 9.46. The van der Waals surface area contributed by atoms with E-state index in [1.165, 1.54) is 6.92 Å². The van der Waals surface area contributed by atoms with Gasteiger partial charge in [0.2, 0.25) is 0 Å². The molecule has 0 saturated carbocycles. The van der Waals surface area contributed by atoms with Crippen LogP contribution in [0.25, 0.3) is 0 Å². The summed E-state index contributed by atoms with van der Waals surface area (Å²) in [5, 5.41) is 19.3. The van der Waals surface area contributed by atoms with Crippen molar-refractivity contribution in [3.05, 3.63) is 22.8 Å². The maximum absolute atomic E-state index is 11.2. The summed E-state index contributed by atoms with van der Waals surface area (Å²) in [6.45, 7) is 6.65. The van der Waals surface area contributed by atoms with E-state index >= 15 is 0 Å². The Morgan fingerprint density at radius 2 is 1.80 bits per heavy atom. The molecule has 0 aliphatic carbocycles. The number of rotatable bonds is 2. The number of phenolic OH excluding ortho intramolecular Hbond substituents is 2. The van der Waals surface area contributed by atoms with Gasteiger partial charge in [0.25, 0.3) is 0 Å². The SMILES string of the molecule is CC(=O)C(C)c1cc(O)c(C)c(O)c1C. The zero-order valence-electron chi connectivity index (χ0n) is 9.46. The fraction of sp³-hybridized carbons (Fsp3) is 0.417. The summed E-state index contributed by atoms with van der Waals surface area (Å²) >= 11 is 0. The molecule has 0 fully saturated rings. The zero-order chi connectivity index (χ0) is 11.7. The maximum atomic E-state index is 11.2. The van der Waals surface area contributed by atoms with Gasteiger partial charge in [-0.15, -0.1) is 0 Å². The topological polar surface area (TPSA) is 57.5 Å². The second-order valence-corrected chi connectivity index (χ2v) is 3.92. The van der Waals surface area contributed by atoms with Crippen molar-refractivity contribution >= 4 is 5.78 Å². The molecule has 3 nitrogen and oxygen atoms in total. The summed E-state index contributed by atoms with van der Waals surface area (Å²) in [6.07, 6.45) is 0. The number of Topliss-reactive ketones (excluding diaryl/α,β-unsaturated/α-hetero) is 1. The number of aromatic hydroxyl groups is 2. The molecule has 0 radical (unpaired) electrons. The molecule has 0 amide bonds. The fourth-order valence-electron chi connectivity index (χ4n) is 1.57. The number of carbonyl (C=O) groups is 1. The molecular formula is C12H16O3. The predicted molar refractivity (Wildman–Crippen MR) is 58.3 cm³/mol. The highest BCUT2D eigenvalue weighted by Gasteiger charge is 2.18. The third-order valence-electron chi connectivity index (χ3n) is 2.90. The first-order valence-electron chi connectivity index (χ1n) is 4.88. The molecule has 2 N–H and O–H groups in total. The predicted octanol–water partition coefficient (Wildman–Crippen LogP) is 2.41. The Balaban J connectivity index is 3.38. The van der Waals surface area contributed by atoms with Crippen LogP contribution in [-0.4, -0.2) is 16.0 Å². The van der Waals surface area contributed by atoms with Gasteiger partial charge in [-0.2, -0.15) is 0 Å². The summed E-state index contributed by atoms with van der Waals surface area (Å²) in [5.74, 6) is -0.192. The summed E-state index contributed by atoms with van der Waals surface area (Å²) in [5.41, 5.74) is 1.79. The van der Waals surface area contributed by atoms with Gasteiger partial charge in [0.1, 0.15) is 17.3 Å². The van der Waals surface area contributed by atoms with Gasteiger partial charge in [-0.3, -0.25) is 4.79 Å². The van der Waals surface area contributed by atoms with E-state index in [1.807, 2.05) is 0 Å². The summed E-state index contributed by atoms with van der Waals surface area (Å²) in [7, 11) is 0. The first kappa shape index (κ1) is 11.6. The molecule has 1 unspecified atom stereocenters.